The average Bonchev–Trinajstić information content (AvgIpc) is 2.79. The van der Waals surface area contributed by atoms with Crippen molar-refractivity contribution < 1.29 is 13.2 Å². The molecule has 0 saturated heterocycles. The highest BCUT2D eigenvalue weighted by atomic mass is 32.2. The minimum Gasteiger partial charge on any atom is -0.339 e. The summed E-state index contributed by atoms with van der Waals surface area (Å²) in [6.45, 7) is 5.06. The van der Waals surface area contributed by atoms with Gasteiger partial charge < -0.3 is 4.90 Å². The second-order valence-corrected chi connectivity index (χ2v) is 8.50. The van der Waals surface area contributed by atoms with E-state index < -0.39 is 10.0 Å². The molecule has 0 radical (unpaired) electrons. The van der Waals surface area contributed by atoms with Gasteiger partial charge in [-0.15, -0.1) is 0 Å². The molecule has 0 aliphatic rings. The number of hydrogen-bond acceptors (Lipinski definition) is 4. The van der Waals surface area contributed by atoms with Crippen LogP contribution in [-0.2, 0) is 16.6 Å². The minimum absolute atomic E-state index is 0.00212. The predicted molar refractivity (Wildman–Crippen MR) is 117 cm³/mol. The van der Waals surface area contributed by atoms with E-state index in [4.69, 9.17) is 0 Å². The van der Waals surface area contributed by atoms with Gasteiger partial charge in [-0.05, 0) is 49.2 Å². The van der Waals surface area contributed by atoms with E-state index >= 15 is 0 Å². The van der Waals surface area contributed by atoms with Crippen LogP contribution < -0.4 is 4.72 Å². The van der Waals surface area contributed by atoms with Gasteiger partial charge in [0.25, 0.3) is 5.91 Å². The van der Waals surface area contributed by atoms with E-state index in [1.807, 2.05) is 44.2 Å². The van der Waals surface area contributed by atoms with Gasteiger partial charge in [0.05, 0.1) is 17.1 Å². The Balaban J connectivity index is 1.71. The molecule has 156 valence electrons. The fourth-order valence-corrected chi connectivity index (χ4v) is 4.11. The molecule has 0 bridgehead atoms. The molecule has 0 aliphatic heterocycles. The number of amides is 1. The van der Waals surface area contributed by atoms with Crippen LogP contribution in [0.15, 0.2) is 77.8 Å². The third-order valence-corrected chi connectivity index (χ3v) is 6.25. The Morgan fingerprint density at radius 2 is 1.57 bits per heavy atom. The molecule has 3 aromatic rings. The van der Waals surface area contributed by atoms with Gasteiger partial charge in [0.15, 0.2) is 0 Å². The van der Waals surface area contributed by atoms with Crippen LogP contribution in [0.25, 0.3) is 11.1 Å². The fraction of sp³-hybridized carbons (Fsp3) is 0.217. The zero-order valence-corrected chi connectivity index (χ0v) is 17.9. The highest BCUT2D eigenvalue weighted by Crippen LogP contribution is 2.21. The number of hydrogen-bond donors (Lipinski definition) is 1. The lowest BCUT2D eigenvalue weighted by Crippen LogP contribution is -2.30. The molecule has 0 aliphatic carbocycles. The molecular weight excluding hydrogens is 398 g/mol. The number of pyridine rings is 1. The summed E-state index contributed by atoms with van der Waals surface area (Å²) in [5.74, 6) is -0.0944. The van der Waals surface area contributed by atoms with Gasteiger partial charge in [-0.1, -0.05) is 42.5 Å². The van der Waals surface area contributed by atoms with E-state index in [0.29, 0.717) is 24.3 Å². The molecule has 2 aromatic carbocycles. The topological polar surface area (TPSA) is 79.4 Å². The SMILES string of the molecule is CCN(CC)C(=O)c1ccnc(CNS(=O)(=O)c2ccc(-c3ccccc3)cc2)c1. The molecule has 7 heteroatoms. The summed E-state index contributed by atoms with van der Waals surface area (Å²) in [5.41, 5.74) is 2.94. The number of benzene rings is 2. The first kappa shape index (κ1) is 21.7. The van der Waals surface area contributed by atoms with E-state index in [1.54, 1.807) is 41.3 Å². The summed E-state index contributed by atoms with van der Waals surface area (Å²) in [7, 11) is -3.70. The summed E-state index contributed by atoms with van der Waals surface area (Å²) in [6.07, 6.45) is 1.52. The lowest BCUT2D eigenvalue weighted by atomic mass is 10.1. The minimum atomic E-state index is -3.70. The first-order chi connectivity index (χ1) is 14.4. The standard InChI is InChI=1S/C23H25N3O3S/c1-3-26(4-2)23(27)20-14-15-24-21(16-20)17-25-30(28,29)22-12-10-19(11-13-22)18-8-6-5-7-9-18/h5-16,25H,3-4,17H2,1-2H3. The smallest absolute Gasteiger partial charge is 0.253 e. The molecule has 1 aromatic heterocycles. The zero-order valence-electron chi connectivity index (χ0n) is 17.1. The quantitative estimate of drug-likeness (QED) is 0.599. The summed E-state index contributed by atoms with van der Waals surface area (Å²) in [5, 5.41) is 0. The maximum Gasteiger partial charge on any atom is 0.253 e. The number of sulfonamides is 1. The number of rotatable bonds is 8. The third kappa shape index (κ3) is 5.11. The molecule has 1 N–H and O–H groups in total. The van der Waals surface area contributed by atoms with E-state index in [9.17, 15) is 13.2 Å². The number of nitrogens with one attached hydrogen (secondary N) is 1. The summed E-state index contributed by atoms with van der Waals surface area (Å²) >= 11 is 0. The van der Waals surface area contributed by atoms with Crippen molar-refractivity contribution in [1.82, 2.24) is 14.6 Å². The van der Waals surface area contributed by atoms with Crippen LogP contribution >= 0.6 is 0 Å². The van der Waals surface area contributed by atoms with Crippen LogP contribution in [0.5, 0.6) is 0 Å². The van der Waals surface area contributed by atoms with Crippen LogP contribution in [0.4, 0.5) is 0 Å². The van der Waals surface area contributed by atoms with Crippen LogP contribution in [0.2, 0.25) is 0 Å². The highest BCUT2D eigenvalue weighted by Gasteiger charge is 2.16. The Morgan fingerprint density at radius 3 is 2.20 bits per heavy atom. The predicted octanol–water partition coefficient (Wildman–Crippen LogP) is 3.71. The van der Waals surface area contributed by atoms with Gasteiger partial charge in [-0.25, -0.2) is 13.1 Å². The molecule has 0 saturated carbocycles. The second-order valence-electron chi connectivity index (χ2n) is 6.73. The van der Waals surface area contributed by atoms with Crippen LogP contribution in [-0.4, -0.2) is 37.3 Å². The summed E-state index contributed by atoms with van der Waals surface area (Å²) in [4.78, 5) is 18.6. The van der Waals surface area contributed by atoms with Gasteiger partial charge in [-0.2, -0.15) is 0 Å². The van der Waals surface area contributed by atoms with E-state index in [1.165, 1.54) is 6.20 Å². The third-order valence-electron chi connectivity index (χ3n) is 4.83. The molecule has 3 rings (SSSR count). The average molecular weight is 424 g/mol. The number of nitrogens with zero attached hydrogens (tertiary/aromatic N) is 2. The molecule has 0 spiro atoms. The van der Waals surface area contributed by atoms with Crippen LogP contribution in [0.3, 0.4) is 0 Å². The molecule has 1 amide bonds. The number of carbonyl (C=O) groups excluding carboxylic acids is 1. The molecule has 30 heavy (non-hydrogen) atoms. The van der Waals surface area contributed by atoms with Crippen molar-refractivity contribution >= 4 is 15.9 Å². The molecule has 0 atom stereocenters. The molecular formula is C23H25N3O3S. The Bertz CT molecular complexity index is 1090. The van der Waals surface area contributed by atoms with Crippen molar-refractivity contribution in [3.05, 3.63) is 84.2 Å². The highest BCUT2D eigenvalue weighted by molar-refractivity contribution is 7.89. The monoisotopic (exact) mass is 423 g/mol. The van der Waals surface area contributed by atoms with Gasteiger partial charge in [0, 0.05) is 24.8 Å². The number of aromatic nitrogens is 1. The van der Waals surface area contributed by atoms with Crippen LogP contribution in [0.1, 0.15) is 29.9 Å². The first-order valence-corrected chi connectivity index (χ1v) is 11.3. The Kier molecular flexibility index (Phi) is 6.97. The Morgan fingerprint density at radius 1 is 0.933 bits per heavy atom. The molecule has 1 heterocycles. The lowest BCUT2D eigenvalue weighted by Gasteiger charge is -2.18. The first-order valence-electron chi connectivity index (χ1n) is 9.84. The summed E-state index contributed by atoms with van der Waals surface area (Å²) in [6, 6.07) is 19.8. The van der Waals surface area contributed by atoms with Crippen LogP contribution in [0, 0.1) is 0 Å². The fourth-order valence-electron chi connectivity index (χ4n) is 3.11. The Hall–Kier alpha value is -3.03. The zero-order chi connectivity index (χ0) is 21.6. The van der Waals surface area contributed by atoms with E-state index in [0.717, 1.165) is 11.1 Å². The van der Waals surface area contributed by atoms with Crippen molar-refractivity contribution in [2.75, 3.05) is 13.1 Å². The van der Waals surface area contributed by atoms with Crippen molar-refractivity contribution in [3.63, 3.8) is 0 Å². The van der Waals surface area contributed by atoms with E-state index in [2.05, 4.69) is 9.71 Å². The normalized spacial score (nSPS) is 11.3. The van der Waals surface area contributed by atoms with Gasteiger partial charge in [-0.3, -0.25) is 9.78 Å². The summed E-state index contributed by atoms with van der Waals surface area (Å²) < 4.78 is 27.9. The van der Waals surface area contributed by atoms with Gasteiger partial charge >= 0.3 is 0 Å². The van der Waals surface area contributed by atoms with Crippen molar-refractivity contribution in [2.24, 2.45) is 0 Å². The second kappa shape index (κ2) is 9.65. The van der Waals surface area contributed by atoms with Crippen molar-refractivity contribution in [3.8, 4) is 11.1 Å². The van der Waals surface area contributed by atoms with Gasteiger partial charge in [0.2, 0.25) is 10.0 Å². The molecule has 0 fully saturated rings. The largest absolute Gasteiger partial charge is 0.339 e. The molecule has 0 unspecified atom stereocenters. The molecule has 6 nitrogen and oxygen atoms in total. The van der Waals surface area contributed by atoms with Crippen molar-refractivity contribution in [1.29, 1.82) is 0 Å². The maximum absolute atomic E-state index is 12.7. The Labute approximate surface area is 177 Å². The number of carbonyl (C=O) groups is 1. The maximum atomic E-state index is 12.7. The lowest BCUT2D eigenvalue weighted by molar-refractivity contribution is 0.0772. The van der Waals surface area contributed by atoms with Gasteiger partial charge in [0.1, 0.15) is 0 Å². The van der Waals surface area contributed by atoms with Crippen molar-refractivity contribution in [2.45, 2.75) is 25.3 Å². The van der Waals surface area contributed by atoms with E-state index in [-0.39, 0.29) is 17.3 Å².